The summed E-state index contributed by atoms with van der Waals surface area (Å²) in [5.41, 5.74) is 5.21. The molecule has 1 aliphatic rings. The summed E-state index contributed by atoms with van der Waals surface area (Å²) in [6.07, 6.45) is 5.31. The maximum Gasteiger partial charge on any atom is 0.325 e. The first-order valence-electron chi connectivity index (χ1n) is 7.19. The van der Waals surface area contributed by atoms with E-state index < -0.39 is 5.54 Å². The molecule has 1 fully saturated rings. The molecule has 0 amide bonds. The molecule has 5 nitrogen and oxygen atoms in total. The predicted molar refractivity (Wildman–Crippen MR) is 72.9 cm³/mol. The molecule has 0 aromatic heterocycles. The number of carbonyl (C=O) groups excluding carboxylic acids is 1. The first-order chi connectivity index (χ1) is 9.12. The van der Waals surface area contributed by atoms with E-state index in [1.54, 1.807) is 0 Å². The molecule has 19 heavy (non-hydrogen) atoms. The summed E-state index contributed by atoms with van der Waals surface area (Å²) in [7, 11) is 1.38. The zero-order valence-corrected chi connectivity index (χ0v) is 12.2. The highest BCUT2D eigenvalue weighted by molar-refractivity contribution is 5.80. The molecule has 0 heterocycles. The molecule has 2 atom stereocenters. The molecule has 0 radical (unpaired) electrons. The van der Waals surface area contributed by atoms with Crippen LogP contribution in [-0.2, 0) is 19.0 Å². The third-order valence-corrected chi connectivity index (χ3v) is 3.56. The lowest BCUT2D eigenvalue weighted by molar-refractivity contribution is -0.151. The molecule has 0 aromatic rings. The van der Waals surface area contributed by atoms with Crippen LogP contribution < -0.4 is 5.73 Å². The Balaban J connectivity index is 2.22. The molecule has 0 aliphatic heterocycles. The number of hydrogen-bond donors (Lipinski definition) is 1. The van der Waals surface area contributed by atoms with Gasteiger partial charge in [-0.2, -0.15) is 0 Å². The molecular weight excluding hydrogens is 246 g/mol. The van der Waals surface area contributed by atoms with E-state index in [0.29, 0.717) is 26.1 Å². The number of nitrogens with two attached hydrogens (primary N) is 1. The number of carbonyl (C=O) groups is 1. The summed E-state index contributed by atoms with van der Waals surface area (Å²) in [6.45, 7) is 4.08. The summed E-state index contributed by atoms with van der Waals surface area (Å²) >= 11 is 0. The fourth-order valence-corrected chi connectivity index (χ4v) is 2.41. The first-order valence-corrected chi connectivity index (χ1v) is 7.19. The standard InChI is InChI=1S/C14H27NO4/c1-3-4-8-18-9-10-19-12-6-5-7-14(15,11-12)13(16)17-2/h12H,3-11,15H2,1-2H3. The molecule has 2 N–H and O–H groups in total. The van der Waals surface area contributed by atoms with E-state index in [0.717, 1.165) is 32.3 Å². The minimum Gasteiger partial charge on any atom is -0.468 e. The van der Waals surface area contributed by atoms with Gasteiger partial charge in [0.2, 0.25) is 0 Å². The summed E-state index contributed by atoms with van der Waals surface area (Å²) < 4.78 is 15.9. The second-order valence-electron chi connectivity index (χ2n) is 5.20. The lowest BCUT2D eigenvalue weighted by Crippen LogP contribution is -2.53. The van der Waals surface area contributed by atoms with E-state index >= 15 is 0 Å². The molecular formula is C14H27NO4. The van der Waals surface area contributed by atoms with Crippen molar-refractivity contribution >= 4 is 5.97 Å². The number of ether oxygens (including phenoxy) is 3. The van der Waals surface area contributed by atoms with E-state index in [9.17, 15) is 4.79 Å². The van der Waals surface area contributed by atoms with Crippen LogP contribution in [0.15, 0.2) is 0 Å². The zero-order valence-electron chi connectivity index (χ0n) is 12.2. The van der Waals surface area contributed by atoms with Crippen molar-refractivity contribution < 1.29 is 19.0 Å². The van der Waals surface area contributed by atoms with Gasteiger partial charge in [-0.25, -0.2) is 0 Å². The van der Waals surface area contributed by atoms with E-state index in [1.807, 2.05) is 0 Å². The second-order valence-corrected chi connectivity index (χ2v) is 5.20. The summed E-state index contributed by atoms with van der Waals surface area (Å²) in [4.78, 5) is 11.7. The van der Waals surface area contributed by atoms with Crippen molar-refractivity contribution in [3.63, 3.8) is 0 Å². The lowest BCUT2D eigenvalue weighted by Gasteiger charge is -2.35. The van der Waals surface area contributed by atoms with E-state index in [4.69, 9.17) is 19.9 Å². The molecule has 5 heteroatoms. The number of unbranched alkanes of at least 4 members (excludes halogenated alkanes) is 1. The predicted octanol–water partition coefficient (Wildman–Crippen LogP) is 1.63. The van der Waals surface area contributed by atoms with Crippen molar-refractivity contribution in [1.82, 2.24) is 0 Å². The van der Waals surface area contributed by atoms with Crippen LogP contribution in [0.2, 0.25) is 0 Å². The Morgan fingerprint density at radius 2 is 2.16 bits per heavy atom. The Hall–Kier alpha value is -0.650. The van der Waals surface area contributed by atoms with Gasteiger partial charge < -0.3 is 19.9 Å². The molecule has 1 saturated carbocycles. The Labute approximate surface area is 115 Å². The van der Waals surface area contributed by atoms with Crippen LogP contribution in [0.3, 0.4) is 0 Å². The molecule has 0 aromatic carbocycles. The molecule has 1 aliphatic carbocycles. The minimum atomic E-state index is -0.874. The van der Waals surface area contributed by atoms with Gasteiger partial charge in [0.25, 0.3) is 0 Å². The molecule has 0 spiro atoms. The number of methoxy groups -OCH3 is 1. The maximum absolute atomic E-state index is 11.7. The van der Waals surface area contributed by atoms with Crippen LogP contribution in [0, 0.1) is 0 Å². The fraction of sp³-hybridized carbons (Fsp3) is 0.929. The Kier molecular flexibility index (Phi) is 7.34. The third-order valence-electron chi connectivity index (χ3n) is 3.56. The van der Waals surface area contributed by atoms with E-state index in [2.05, 4.69) is 6.92 Å². The van der Waals surface area contributed by atoms with E-state index in [-0.39, 0.29) is 12.1 Å². The minimum absolute atomic E-state index is 0.0348. The van der Waals surface area contributed by atoms with Crippen molar-refractivity contribution in [2.45, 2.75) is 57.1 Å². The van der Waals surface area contributed by atoms with Crippen molar-refractivity contribution in [3.05, 3.63) is 0 Å². The van der Waals surface area contributed by atoms with Crippen LogP contribution in [0.5, 0.6) is 0 Å². The van der Waals surface area contributed by atoms with Gasteiger partial charge in [-0.3, -0.25) is 4.79 Å². The van der Waals surface area contributed by atoms with E-state index in [1.165, 1.54) is 7.11 Å². The molecule has 0 saturated heterocycles. The van der Waals surface area contributed by atoms with Crippen LogP contribution in [0.1, 0.15) is 45.4 Å². The average Bonchev–Trinajstić information content (AvgIpc) is 2.42. The van der Waals surface area contributed by atoms with Crippen molar-refractivity contribution in [1.29, 1.82) is 0 Å². The second kappa shape index (κ2) is 8.51. The number of esters is 1. The maximum atomic E-state index is 11.7. The van der Waals surface area contributed by atoms with Gasteiger partial charge in [0.15, 0.2) is 0 Å². The van der Waals surface area contributed by atoms with Crippen LogP contribution in [0.25, 0.3) is 0 Å². The van der Waals surface area contributed by atoms with Crippen molar-refractivity contribution in [3.8, 4) is 0 Å². The normalized spacial score (nSPS) is 27.2. The van der Waals surface area contributed by atoms with Crippen LogP contribution in [0.4, 0.5) is 0 Å². The van der Waals surface area contributed by atoms with Crippen LogP contribution >= 0.6 is 0 Å². The third kappa shape index (κ3) is 5.47. The number of hydrogen-bond acceptors (Lipinski definition) is 5. The Morgan fingerprint density at radius 1 is 1.37 bits per heavy atom. The zero-order chi connectivity index (χ0) is 14.1. The first kappa shape index (κ1) is 16.4. The SMILES string of the molecule is CCCCOCCOC1CCCC(N)(C(=O)OC)C1. The quantitative estimate of drug-likeness (QED) is 0.537. The monoisotopic (exact) mass is 273 g/mol. The lowest BCUT2D eigenvalue weighted by atomic mass is 9.81. The summed E-state index contributed by atoms with van der Waals surface area (Å²) in [6, 6.07) is 0. The van der Waals surface area contributed by atoms with Gasteiger partial charge >= 0.3 is 5.97 Å². The highest BCUT2D eigenvalue weighted by atomic mass is 16.5. The highest BCUT2D eigenvalue weighted by Gasteiger charge is 2.40. The molecule has 2 unspecified atom stereocenters. The van der Waals surface area contributed by atoms with Gasteiger partial charge in [0.1, 0.15) is 5.54 Å². The Morgan fingerprint density at radius 3 is 2.84 bits per heavy atom. The summed E-state index contributed by atoms with van der Waals surface area (Å²) in [5, 5.41) is 0. The van der Waals surface area contributed by atoms with Gasteiger partial charge in [-0.15, -0.1) is 0 Å². The molecule has 0 bridgehead atoms. The topological polar surface area (TPSA) is 70.8 Å². The van der Waals surface area contributed by atoms with Crippen LogP contribution in [-0.4, -0.2) is 44.5 Å². The van der Waals surface area contributed by atoms with Crippen molar-refractivity contribution in [2.24, 2.45) is 5.73 Å². The highest BCUT2D eigenvalue weighted by Crippen LogP contribution is 2.29. The van der Waals surface area contributed by atoms with Gasteiger partial charge in [0, 0.05) is 13.0 Å². The largest absolute Gasteiger partial charge is 0.468 e. The number of rotatable bonds is 8. The van der Waals surface area contributed by atoms with Gasteiger partial charge in [0.05, 0.1) is 26.4 Å². The smallest absolute Gasteiger partial charge is 0.325 e. The summed E-state index contributed by atoms with van der Waals surface area (Å²) in [5.74, 6) is -0.333. The fourth-order valence-electron chi connectivity index (χ4n) is 2.41. The Bertz CT molecular complexity index is 272. The van der Waals surface area contributed by atoms with Gasteiger partial charge in [-0.05, 0) is 25.7 Å². The van der Waals surface area contributed by atoms with Crippen molar-refractivity contribution in [2.75, 3.05) is 26.9 Å². The molecule has 1 rings (SSSR count). The molecule has 112 valence electrons. The average molecular weight is 273 g/mol. The van der Waals surface area contributed by atoms with Gasteiger partial charge in [-0.1, -0.05) is 13.3 Å².